The van der Waals surface area contributed by atoms with Gasteiger partial charge in [-0.2, -0.15) is 0 Å². The highest BCUT2D eigenvalue weighted by molar-refractivity contribution is 9.10. The molecule has 2 aliphatic heterocycles. The van der Waals surface area contributed by atoms with Gasteiger partial charge in [0.05, 0.1) is 18.8 Å². The Bertz CT molecular complexity index is 765. The minimum atomic E-state index is 0.0103. The molecule has 2 bridgehead atoms. The Morgan fingerprint density at radius 2 is 2.04 bits per heavy atom. The van der Waals surface area contributed by atoms with Gasteiger partial charge in [0.1, 0.15) is 10.4 Å². The molecule has 2 fully saturated rings. The zero-order valence-electron chi connectivity index (χ0n) is 16.0. The maximum atomic E-state index is 6.09. The number of ether oxygens (including phenoxy) is 2. The quantitative estimate of drug-likeness (QED) is 0.609. The van der Waals surface area contributed by atoms with Gasteiger partial charge < -0.3 is 9.47 Å². The summed E-state index contributed by atoms with van der Waals surface area (Å²) < 4.78 is 12.3. The first-order valence-electron chi connectivity index (χ1n) is 9.78. The van der Waals surface area contributed by atoms with Gasteiger partial charge in [0.15, 0.2) is 0 Å². The summed E-state index contributed by atoms with van der Waals surface area (Å²) >= 11 is 3.48. The third-order valence-electron chi connectivity index (χ3n) is 6.16. The molecular formula is C22H27BrN2O2. The first kappa shape index (κ1) is 18.9. The maximum Gasteiger partial charge on any atom is 0.118 e. The first-order chi connectivity index (χ1) is 13.1. The number of nitrogens with zero attached hydrogens (tertiary/aromatic N) is 2. The van der Waals surface area contributed by atoms with E-state index in [0.717, 1.165) is 36.3 Å². The molecule has 0 aliphatic carbocycles. The predicted molar refractivity (Wildman–Crippen MR) is 110 cm³/mol. The van der Waals surface area contributed by atoms with E-state index in [9.17, 15) is 0 Å². The predicted octanol–water partition coefficient (Wildman–Crippen LogP) is 4.91. The number of fused-ring (bicyclic) bond motifs is 2. The molecule has 27 heavy (non-hydrogen) atoms. The zero-order chi connectivity index (χ0) is 18.9. The second-order valence-corrected chi connectivity index (χ2v) is 8.40. The van der Waals surface area contributed by atoms with Crippen LogP contribution < -0.4 is 4.74 Å². The lowest BCUT2D eigenvalue weighted by Gasteiger charge is -2.48. The summed E-state index contributed by atoms with van der Waals surface area (Å²) in [4.78, 5) is 7.24. The van der Waals surface area contributed by atoms with Gasteiger partial charge in [-0.05, 0) is 77.9 Å². The van der Waals surface area contributed by atoms with Gasteiger partial charge >= 0.3 is 0 Å². The fourth-order valence-electron chi connectivity index (χ4n) is 4.93. The van der Waals surface area contributed by atoms with Crippen LogP contribution in [0.15, 0.2) is 47.2 Å². The molecule has 0 amide bonds. The molecule has 2 aromatic rings. The van der Waals surface area contributed by atoms with Gasteiger partial charge in [-0.25, -0.2) is 4.98 Å². The molecule has 4 rings (SSSR count). The summed E-state index contributed by atoms with van der Waals surface area (Å²) in [6, 6.07) is 13.3. The van der Waals surface area contributed by atoms with Crippen LogP contribution in [0.2, 0.25) is 0 Å². The van der Waals surface area contributed by atoms with Crippen molar-refractivity contribution in [2.24, 2.45) is 0 Å². The van der Waals surface area contributed by atoms with Crippen molar-refractivity contribution in [1.29, 1.82) is 0 Å². The Balaban J connectivity index is 1.66. The molecule has 3 heterocycles. The van der Waals surface area contributed by atoms with Crippen molar-refractivity contribution in [3.8, 4) is 5.75 Å². The summed E-state index contributed by atoms with van der Waals surface area (Å²) in [7, 11) is 1.71. The molecule has 0 radical (unpaired) electrons. The van der Waals surface area contributed by atoms with E-state index in [0.29, 0.717) is 12.1 Å². The largest absolute Gasteiger partial charge is 0.497 e. The summed E-state index contributed by atoms with van der Waals surface area (Å²) in [6.45, 7) is 3.83. The van der Waals surface area contributed by atoms with Gasteiger partial charge in [-0.3, -0.25) is 4.90 Å². The lowest BCUT2D eigenvalue weighted by Crippen LogP contribution is -2.52. The van der Waals surface area contributed by atoms with Gasteiger partial charge in [0, 0.05) is 25.4 Å². The molecular weight excluding hydrogens is 404 g/mol. The average molecular weight is 431 g/mol. The number of piperidine rings is 1. The smallest absolute Gasteiger partial charge is 0.118 e. The maximum absolute atomic E-state index is 6.09. The molecule has 0 saturated carbocycles. The minimum absolute atomic E-state index is 0.0103. The number of pyridine rings is 1. The highest BCUT2D eigenvalue weighted by Crippen LogP contribution is 2.51. The second-order valence-electron chi connectivity index (χ2n) is 7.59. The van der Waals surface area contributed by atoms with E-state index in [2.05, 4.69) is 69.1 Å². The van der Waals surface area contributed by atoms with Crippen LogP contribution in [0.3, 0.4) is 0 Å². The molecule has 4 nitrogen and oxygen atoms in total. The lowest BCUT2D eigenvalue weighted by molar-refractivity contribution is -0.0594. The Labute approximate surface area is 170 Å². The summed E-state index contributed by atoms with van der Waals surface area (Å²) in [5.41, 5.74) is 2.65. The Kier molecular flexibility index (Phi) is 5.53. The minimum Gasteiger partial charge on any atom is -0.497 e. The van der Waals surface area contributed by atoms with Gasteiger partial charge in [-0.1, -0.05) is 18.2 Å². The van der Waals surface area contributed by atoms with Crippen LogP contribution in [0.25, 0.3) is 0 Å². The Morgan fingerprint density at radius 3 is 2.70 bits per heavy atom. The number of rotatable bonds is 6. The normalized spacial score (nSPS) is 27.7. The fourth-order valence-corrected chi connectivity index (χ4v) is 5.17. The van der Waals surface area contributed by atoms with Crippen molar-refractivity contribution in [1.82, 2.24) is 9.88 Å². The standard InChI is InChI=1S/C22H27BrN2O2/c1-3-27-20-12-18-10-11-22(13-20,17-6-9-21(23)24-14-17)25(18)15-16-4-7-19(26-2)8-5-16/h4-9,14,18,20H,3,10-13,15H2,1-2H3. The number of halogens is 1. The van der Waals surface area contributed by atoms with E-state index in [4.69, 9.17) is 9.47 Å². The Hall–Kier alpha value is -1.43. The average Bonchev–Trinajstić information content (AvgIpc) is 2.89. The summed E-state index contributed by atoms with van der Waals surface area (Å²) in [6.07, 6.45) is 6.92. The molecule has 1 aromatic carbocycles. The van der Waals surface area contributed by atoms with Gasteiger partial charge in [0.25, 0.3) is 0 Å². The topological polar surface area (TPSA) is 34.6 Å². The van der Waals surface area contributed by atoms with Crippen LogP contribution in [-0.4, -0.2) is 35.7 Å². The van der Waals surface area contributed by atoms with Crippen LogP contribution in [0.4, 0.5) is 0 Å². The van der Waals surface area contributed by atoms with E-state index < -0.39 is 0 Å². The number of hydrogen-bond donors (Lipinski definition) is 0. The fraction of sp³-hybridized carbons (Fsp3) is 0.500. The molecule has 0 spiro atoms. The number of benzene rings is 1. The van der Waals surface area contributed by atoms with Crippen LogP contribution in [-0.2, 0) is 16.8 Å². The van der Waals surface area contributed by atoms with Gasteiger partial charge in [0.2, 0.25) is 0 Å². The van der Waals surface area contributed by atoms with Crippen LogP contribution in [0, 0.1) is 0 Å². The first-order valence-corrected chi connectivity index (χ1v) is 10.6. The Morgan fingerprint density at radius 1 is 1.22 bits per heavy atom. The van der Waals surface area contributed by atoms with E-state index in [-0.39, 0.29) is 5.54 Å². The molecule has 5 heteroatoms. The van der Waals surface area contributed by atoms with Crippen molar-refractivity contribution >= 4 is 15.9 Å². The van der Waals surface area contributed by atoms with E-state index in [1.54, 1.807) is 7.11 Å². The molecule has 144 valence electrons. The molecule has 2 aliphatic rings. The van der Waals surface area contributed by atoms with Crippen LogP contribution in [0.5, 0.6) is 5.75 Å². The summed E-state index contributed by atoms with van der Waals surface area (Å²) in [5, 5.41) is 0. The number of hydrogen-bond acceptors (Lipinski definition) is 4. The SMILES string of the molecule is CCOC1CC2CCC(c3ccc(Br)nc3)(C1)N2Cc1ccc(OC)cc1. The zero-order valence-corrected chi connectivity index (χ0v) is 17.6. The van der Waals surface area contributed by atoms with Crippen LogP contribution in [0.1, 0.15) is 43.7 Å². The van der Waals surface area contributed by atoms with Crippen molar-refractivity contribution in [2.75, 3.05) is 13.7 Å². The molecule has 3 unspecified atom stereocenters. The molecule has 0 N–H and O–H groups in total. The third-order valence-corrected chi connectivity index (χ3v) is 6.63. The van der Waals surface area contributed by atoms with Crippen LogP contribution >= 0.6 is 15.9 Å². The molecule has 1 aromatic heterocycles. The van der Waals surface area contributed by atoms with Crippen molar-refractivity contribution in [3.63, 3.8) is 0 Å². The van der Waals surface area contributed by atoms with Crippen molar-refractivity contribution < 1.29 is 9.47 Å². The van der Waals surface area contributed by atoms with E-state index >= 15 is 0 Å². The number of methoxy groups -OCH3 is 1. The summed E-state index contributed by atoms with van der Waals surface area (Å²) in [5.74, 6) is 0.906. The van der Waals surface area contributed by atoms with E-state index in [1.807, 2.05) is 6.20 Å². The van der Waals surface area contributed by atoms with Crippen molar-refractivity contribution in [3.05, 3.63) is 58.3 Å². The monoisotopic (exact) mass is 430 g/mol. The highest BCUT2D eigenvalue weighted by Gasteiger charge is 2.52. The highest BCUT2D eigenvalue weighted by atomic mass is 79.9. The molecule has 3 atom stereocenters. The third kappa shape index (κ3) is 3.65. The lowest BCUT2D eigenvalue weighted by atomic mass is 9.80. The van der Waals surface area contributed by atoms with E-state index in [1.165, 1.54) is 24.0 Å². The van der Waals surface area contributed by atoms with Gasteiger partial charge in [-0.15, -0.1) is 0 Å². The molecule has 2 saturated heterocycles. The van der Waals surface area contributed by atoms with Crippen molar-refractivity contribution in [2.45, 2.75) is 56.8 Å². The number of aromatic nitrogens is 1. The second kappa shape index (κ2) is 7.90.